The highest BCUT2D eigenvalue weighted by Crippen LogP contribution is 2.25. The van der Waals surface area contributed by atoms with Gasteiger partial charge in [0.25, 0.3) is 0 Å². The van der Waals surface area contributed by atoms with Gasteiger partial charge in [0.2, 0.25) is 11.8 Å². The van der Waals surface area contributed by atoms with Crippen molar-refractivity contribution < 1.29 is 9.59 Å². The summed E-state index contributed by atoms with van der Waals surface area (Å²) in [7, 11) is 0. The highest BCUT2D eigenvalue weighted by molar-refractivity contribution is 5.88. The van der Waals surface area contributed by atoms with Crippen LogP contribution in [0.25, 0.3) is 16.9 Å². The molecule has 0 radical (unpaired) electrons. The molecular weight excluding hydrogens is 388 g/mol. The lowest BCUT2D eigenvalue weighted by Gasteiger charge is -2.16. The molecule has 1 aliphatic rings. The van der Waals surface area contributed by atoms with Gasteiger partial charge >= 0.3 is 0 Å². The third kappa shape index (κ3) is 5.02. The first-order valence-corrected chi connectivity index (χ1v) is 10.9. The van der Waals surface area contributed by atoms with E-state index >= 15 is 0 Å². The molecule has 6 nitrogen and oxygen atoms in total. The van der Waals surface area contributed by atoms with Crippen molar-refractivity contribution in [3.05, 3.63) is 72.4 Å². The molecule has 0 saturated heterocycles. The number of hydrogen-bond acceptors (Lipinski definition) is 3. The average Bonchev–Trinajstić information content (AvgIpc) is 3.49. The Morgan fingerprint density at radius 1 is 1.03 bits per heavy atom. The summed E-state index contributed by atoms with van der Waals surface area (Å²) in [5, 5.41) is 10.6. The number of nitrogens with zero attached hydrogens (tertiary/aromatic N) is 2. The molecule has 2 amide bonds. The fourth-order valence-corrected chi connectivity index (χ4v) is 4.01. The summed E-state index contributed by atoms with van der Waals surface area (Å²) in [6.07, 6.45) is 5.96. The minimum atomic E-state index is -0.572. The standard InChI is InChI=1S/C25H28N4O2/c1-18(27-25(31)20-12-8-9-13-20)24(30)26-16-21-17-29(22-14-6-3-7-15-22)28-23(21)19-10-4-2-5-11-19/h2-7,10-11,14-15,17-18,20H,8-9,12-13,16H2,1H3,(H,26,30)(H,27,31). The van der Waals surface area contributed by atoms with Crippen LogP contribution in [-0.4, -0.2) is 27.6 Å². The van der Waals surface area contributed by atoms with Gasteiger partial charge < -0.3 is 10.6 Å². The van der Waals surface area contributed by atoms with E-state index in [1.807, 2.05) is 71.5 Å². The van der Waals surface area contributed by atoms with Crippen LogP contribution < -0.4 is 10.6 Å². The van der Waals surface area contributed by atoms with Gasteiger partial charge in [-0.25, -0.2) is 4.68 Å². The monoisotopic (exact) mass is 416 g/mol. The molecule has 1 aliphatic carbocycles. The van der Waals surface area contributed by atoms with Crippen LogP contribution in [0.1, 0.15) is 38.2 Å². The van der Waals surface area contributed by atoms with Gasteiger partial charge in [-0.1, -0.05) is 61.4 Å². The fourth-order valence-electron chi connectivity index (χ4n) is 4.01. The molecule has 160 valence electrons. The highest BCUT2D eigenvalue weighted by atomic mass is 16.2. The molecule has 6 heteroatoms. The number of para-hydroxylation sites is 1. The summed E-state index contributed by atoms with van der Waals surface area (Å²) in [5.74, 6) is -0.163. The van der Waals surface area contributed by atoms with Gasteiger partial charge in [0, 0.05) is 29.8 Å². The summed E-state index contributed by atoms with van der Waals surface area (Å²) in [5.41, 5.74) is 3.68. The molecule has 0 aliphatic heterocycles. The first-order valence-electron chi connectivity index (χ1n) is 10.9. The highest BCUT2D eigenvalue weighted by Gasteiger charge is 2.25. The Labute approximate surface area is 182 Å². The fraction of sp³-hybridized carbons (Fsp3) is 0.320. The van der Waals surface area contributed by atoms with Crippen molar-refractivity contribution in [3.63, 3.8) is 0 Å². The molecule has 1 atom stereocenters. The Kier molecular flexibility index (Phi) is 6.46. The van der Waals surface area contributed by atoms with E-state index in [0.29, 0.717) is 6.54 Å². The van der Waals surface area contributed by atoms with Crippen molar-refractivity contribution in [3.8, 4) is 16.9 Å². The normalized spacial score (nSPS) is 14.9. The van der Waals surface area contributed by atoms with Crippen molar-refractivity contribution in [2.45, 2.75) is 45.2 Å². The zero-order valence-electron chi connectivity index (χ0n) is 17.8. The largest absolute Gasteiger partial charge is 0.350 e. The zero-order valence-corrected chi connectivity index (χ0v) is 17.8. The molecule has 1 aromatic heterocycles. The minimum absolute atomic E-state index is 0.0120. The maximum Gasteiger partial charge on any atom is 0.242 e. The number of rotatable bonds is 7. The van der Waals surface area contributed by atoms with E-state index in [4.69, 9.17) is 5.10 Å². The maximum atomic E-state index is 12.6. The van der Waals surface area contributed by atoms with Crippen molar-refractivity contribution in [2.24, 2.45) is 5.92 Å². The molecule has 0 bridgehead atoms. The predicted molar refractivity (Wildman–Crippen MR) is 120 cm³/mol. The molecule has 0 spiro atoms. The Bertz CT molecular complexity index is 1020. The first-order chi connectivity index (χ1) is 15.1. The van der Waals surface area contributed by atoms with Gasteiger partial charge in [0.05, 0.1) is 11.4 Å². The van der Waals surface area contributed by atoms with Crippen molar-refractivity contribution in [2.75, 3.05) is 0 Å². The number of benzene rings is 2. The second-order valence-corrected chi connectivity index (χ2v) is 8.08. The molecule has 1 saturated carbocycles. The van der Waals surface area contributed by atoms with Gasteiger partial charge in [-0.05, 0) is 31.9 Å². The van der Waals surface area contributed by atoms with Crippen LogP contribution in [0.5, 0.6) is 0 Å². The SMILES string of the molecule is CC(NC(=O)C1CCCC1)C(=O)NCc1cn(-c2ccccc2)nc1-c1ccccc1. The first kappa shape index (κ1) is 20.8. The summed E-state index contributed by atoms with van der Waals surface area (Å²) in [6.45, 7) is 2.06. The number of amides is 2. The number of carbonyl (C=O) groups excluding carboxylic acids is 2. The van der Waals surface area contributed by atoms with Gasteiger partial charge in [-0.3, -0.25) is 9.59 Å². The maximum absolute atomic E-state index is 12.6. The number of carbonyl (C=O) groups is 2. The van der Waals surface area contributed by atoms with Gasteiger partial charge in [0.15, 0.2) is 0 Å². The minimum Gasteiger partial charge on any atom is -0.350 e. The molecule has 1 heterocycles. The van der Waals surface area contributed by atoms with Gasteiger partial charge in [-0.2, -0.15) is 5.10 Å². The average molecular weight is 417 g/mol. The van der Waals surface area contributed by atoms with Crippen LogP contribution in [0.4, 0.5) is 0 Å². The number of hydrogen-bond donors (Lipinski definition) is 2. The molecule has 2 aromatic carbocycles. The van der Waals surface area contributed by atoms with Crippen LogP contribution in [-0.2, 0) is 16.1 Å². The summed E-state index contributed by atoms with van der Waals surface area (Å²) in [6, 6.07) is 19.2. The Morgan fingerprint density at radius 2 is 1.68 bits per heavy atom. The van der Waals surface area contributed by atoms with Crippen molar-refractivity contribution in [1.82, 2.24) is 20.4 Å². The summed E-state index contributed by atoms with van der Waals surface area (Å²) < 4.78 is 1.83. The lowest BCUT2D eigenvalue weighted by atomic mass is 10.1. The summed E-state index contributed by atoms with van der Waals surface area (Å²) in [4.78, 5) is 25.0. The third-order valence-corrected chi connectivity index (χ3v) is 5.79. The lowest BCUT2D eigenvalue weighted by Crippen LogP contribution is -2.46. The van der Waals surface area contributed by atoms with E-state index in [9.17, 15) is 9.59 Å². The van der Waals surface area contributed by atoms with Crippen molar-refractivity contribution in [1.29, 1.82) is 0 Å². The molecule has 4 rings (SSSR count). The Morgan fingerprint density at radius 3 is 2.35 bits per heavy atom. The third-order valence-electron chi connectivity index (χ3n) is 5.79. The quantitative estimate of drug-likeness (QED) is 0.614. The van der Waals surface area contributed by atoms with E-state index < -0.39 is 6.04 Å². The second-order valence-electron chi connectivity index (χ2n) is 8.08. The molecule has 1 fully saturated rings. The molecule has 2 N–H and O–H groups in total. The van der Waals surface area contributed by atoms with E-state index in [0.717, 1.165) is 48.2 Å². The van der Waals surface area contributed by atoms with Gasteiger partial charge in [0.1, 0.15) is 6.04 Å². The Hall–Kier alpha value is -3.41. The van der Waals surface area contributed by atoms with Crippen molar-refractivity contribution >= 4 is 11.8 Å². The molecular formula is C25H28N4O2. The molecule has 3 aromatic rings. The van der Waals surface area contributed by atoms with Gasteiger partial charge in [-0.15, -0.1) is 0 Å². The van der Waals surface area contributed by atoms with Crippen LogP contribution >= 0.6 is 0 Å². The number of aromatic nitrogens is 2. The van der Waals surface area contributed by atoms with E-state index in [2.05, 4.69) is 10.6 Å². The van der Waals surface area contributed by atoms with Crippen LogP contribution in [0.2, 0.25) is 0 Å². The van der Waals surface area contributed by atoms with E-state index in [1.165, 1.54) is 0 Å². The van der Waals surface area contributed by atoms with Crippen LogP contribution in [0.3, 0.4) is 0 Å². The molecule has 31 heavy (non-hydrogen) atoms. The second kappa shape index (κ2) is 9.60. The smallest absolute Gasteiger partial charge is 0.242 e. The Balaban J connectivity index is 1.47. The summed E-state index contributed by atoms with van der Waals surface area (Å²) >= 11 is 0. The molecule has 1 unspecified atom stereocenters. The van der Waals surface area contributed by atoms with Crippen LogP contribution in [0, 0.1) is 5.92 Å². The topological polar surface area (TPSA) is 76.0 Å². The van der Waals surface area contributed by atoms with Crippen LogP contribution in [0.15, 0.2) is 66.9 Å². The van der Waals surface area contributed by atoms with E-state index in [-0.39, 0.29) is 17.7 Å². The lowest BCUT2D eigenvalue weighted by molar-refractivity contribution is -0.130. The van der Waals surface area contributed by atoms with E-state index in [1.54, 1.807) is 6.92 Å². The predicted octanol–water partition coefficient (Wildman–Crippen LogP) is 3.85. The number of nitrogens with one attached hydrogen (secondary N) is 2. The zero-order chi connectivity index (χ0) is 21.6.